The number of carbonyl (C=O) groups excluding carboxylic acids is 2. The normalized spacial score (nSPS) is 17.3. The molecule has 0 spiro atoms. The molecule has 56 valence electrons. The molecule has 1 saturated carbocycles. The maximum Gasteiger partial charge on any atom is 0.0504 e. The molecule has 0 amide bonds. The Balaban J connectivity index is 2.58. The molecule has 0 aromatic rings. The second-order valence-corrected chi connectivity index (χ2v) is 2.45. The summed E-state index contributed by atoms with van der Waals surface area (Å²) >= 11 is 0. The molecular formula is C6H6O4-2. The van der Waals surface area contributed by atoms with Crippen LogP contribution in [0, 0.1) is 11.8 Å². The van der Waals surface area contributed by atoms with E-state index in [2.05, 4.69) is 0 Å². The Morgan fingerprint density at radius 2 is 1.60 bits per heavy atom. The molecular weight excluding hydrogens is 136 g/mol. The van der Waals surface area contributed by atoms with E-state index >= 15 is 0 Å². The van der Waals surface area contributed by atoms with Crippen LogP contribution < -0.4 is 10.2 Å². The van der Waals surface area contributed by atoms with Gasteiger partial charge in [-0.05, 0) is 18.8 Å². The highest BCUT2D eigenvalue weighted by molar-refractivity contribution is 5.91. The van der Waals surface area contributed by atoms with E-state index in [1.54, 1.807) is 0 Å². The Bertz CT molecular complexity index is 157. The monoisotopic (exact) mass is 142 g/mol. The first kappa shape index (κ1) is 7.05. The van der Waals surface area contributed by atoms with E-state index < -0.39 is 17.9 Å². The standard InChI is InChI=1S/C6H8O4/c7-5(8)4(6(9)10)3-1-2-3/h3-4H,1-2H2,(H,7,8)(H,9,10)/p-2. The van der Waals surface area contributed by atoms with Crippen molar-refractivity contribution in [2.45, 2.75) is 12.8 Å². The van der Waals surface area contributed by atoms with Crippen LogP contribution in [0.4, 0.5) is 0 Å². The Labute approximate surface area is 57.5 Å². The van der Waals surface area contributed by atoms with E-state index in [1.807, 2.05) is 0 Å². The van der Waals surface area contributed by atoms with Crippen LogP contribution in [-0.2, 0) is 9.59 Å². The highest BCUT2D eigenvalue weighted by Gasteiger charge is 2.32. The van der Waals surface area contributed by atoms with Gasteiger partial charge in [0.15, 0.2) is 0 Å². The molecule has 0 atom stereocenters. The fourth-order valence-corrected chi connectivity index (χ4v) is 0.911. The van der Waals surface area contributed by atoms with E-state index in [1.165, 1.54) is 0 Å². The SMILES string of the molecule is O=C([O-])C(C(=O)[O-])C1CC1. The third-order valence-electron chi connectivity index (χ3n) is 1.60. The molecule has 0 saturated heterocycles. The molecule has 1 aliphatic rings. The molecule has 1 rings (SSSR count). The van der Waals surface area contributed by atoms with Crippen molar-refractivity contribution in [2.24, 2.45) is 11.8 Å². The maximum atomic E-state index is 10.1. The maximum absolute atomic E-state index is 10.1. The van der Waals surface area contributed by atoms with Crippen molar-refractivity contribution < 1.29 is 19.8 Å². The zero-order chi connectivity index (χ0) is 7.72. The van der Waals surface area contributed by atoms with Gasteiger partial charge in [0, 0.05) is 5.92 Å². The van der Waals surface area contributed by atoms with Gasteiger partial charge in [0.2, 0.25) is 0 Å². The second-order valence-electron chi connectivity index (χ2n) is 2.45. The summed E-state index contributed by atoms with van der Waals surface area (Å²) in [6, 6.07) is 0. The van der Waals surface area contributed by atoms with Crippen molar-refractivity contribution >= 4 is 11.9 Å². The minimum Gasteiger partial charge on any atom is -0.549 e. The number of carboxylic acid groups (broad SMARTS) is 2. The summed E-state index contributed by atoms with van der Waals surface area (Å²) in [5.41, 5.74) is 0. The predicted octanol–water partition coefficient (Wildman–Crippen LogP) is -2.49. The van der Waals surface area contributed by atoms with Crippen molar-refractivity contribution in [3.05, 3.63) is 0 Å². The number of carbonyl (C=O) groups is 2. The molecule has 4 nitrogen and oxygen atoms in total. The van der Waals surface area contributed by atoms with Crippen LogP contribution >= 0.6 is 0 Å². The van der Waals surface area contributed by atoms with Crippen LogP contribution in [0.1, 0.15) is 12.8 Å². The molecule has 0 aromatic carbocycles. The average molecular weight is 142 g/mol. The van der Waals surface area contributed by atoms with Crippen LogP contribution in [0.15, 0.2) is 0 Å². The zero-order valence-electron chi connectivity index (χ0n) is 5.20. The largest absolute Gasteiger partial charge is 0.549 e. The van der Waals surface area contributed by atoms with Gasteiger partial charge in [-0.1, -0.05) is 0 Å². The third-order valence-corrected chi connectivity index (χ3v) is 1.60. The van der Waals surface area contributed by atoms with Gasteiger partial charge < -0.3 is 19.8 Å². The number of hydrogen-bond donors (Lipinski definition) is 0. The lowest BCUT2D eigenvalue weighted by molar-refractivity contribution is -0.332. The van der Waals surface area contributed by atoms with Gasteiger partial charge in [-0.15, -0.1) is 0 Å². The highest BCUT2D eigenvalue weighted by Crippen LogP contribution is 2.36. The van der Waals surface area contributed by atoms with Gasteiger partial charge >= 0.3 is 0 Å². The summed E-state index contributed by atoms with van der Waals surface area (Å²) in [4.78, 5) is 20.2. The first-order valence-electron chi connectivity index (χ1n) is 3.04. The minimum absolute atomic E-state index is 0.241. The van der Waals surface area contributed by atoms with Crippen LogP contribution in [0.5, 0.6) is 0 Å². The average Bonchev–Trinajstić information content (AvgIpc) is 2.46. The molecule has 0 aliphatic heterocycles. The van der Waals surface area contributed by atoms with Gasteiger partial charge in [0.1, 0.15) is 0 Å². The highest BCUT2D eigenvalue weighted by atomic mass is 16.4. The van der Waals surface area contributed by atoms with Gasteiger partial charge in [0.05, 0.1) is 11.9 Å². The van der Waals surface area contributed by atoms with E-state index in [0.29, 0.717) is 12.8 Å². The molecule has 10 heavy (non-hydrogen) atoms. The van der Waals surface area contributed by atoms with Crippen molar-refractivity contribution in [1.82, 2.24) is 0 Å². The smallest absolute Gasteiger partial charge is 0.0504 e. The van der Waals surface area contributed by atoms with Crippen molar-refractivity contribution in [2.75, 3.05) is 0 Å². The minimum atomic E-state index is -1.53. The topological polar surface area (TPSA) is 80.3 Å². The lowest BCUT2D eigenvalue weighted by Crippen LogP contribution is -2.44. The number of carboxylic acids is 2. The summed E-state index contributed by atoms with van der Waals surface area (Å²) in [5, 5.41) is 20.2. The molecule has 0 unspecified atom stereocenters. The molecule has 0 N–H and O–H groups in total. The molecule has 0 heterocycles. The fraction of sp³-hybridized carbons (Fsp3) is 0.667. The van der Waals surface area contributed by atoms with Gasteiger partial charge in [-0.3, -0.25) is 0 Å². The lowest BCUT2D eigenvalue weighted by atomic mass is 10.1. The van der Waals surface area contributed by atoms with E-state index in [4.69, 9.17) is 0 Å². The second kappa shape index (κ2) is 2.28. The van der Waals surface area contributed by atoms with Crippen molar-refractivity contribution in [3.63, 3.8) is 0 Å². The molecule has 1 aliphatic carbocycles. The third kappa shape index (κ3) is 1.26. The van der Waals surface area contributed by atoms with Crippen LogP contribution in [0.25, 0.3) is 0 Å². The van der Waals surface area contributed by atoms with Crippen LogP contribution in [0.2, 0.25) is 0 Å². The van der Waals surface area contributed by atoms with E-state index in [9.17, 15) is 19.8 Å². The van der Waals surface area contributed by atoms with Gasteiger partial charge in [0.25, 0.3) is 0 Å². The summed E-state index contributed by atoms with van der Waals surface area (Å²) in [7, 11) is 0. The molecule has 0 radical (unpaired) electrons. The summed E-state index contributed by atoms with van der Waals surface area (Å²) in [6.45, 7) is 0. The number of hydrogen-bond acceptors (Lipinski definition) is 4. The van der Waals surface area contributed by atoms with Crippen LogP contribution in [0.3, 0.4) is 0 Å². The quantitative estimate of drug-likeness (QED) is 0.408. The van der Waals surface area contributed by atoms with Crippen molar-refractivity contribution in [3.8, 4) is 0 Å². The van der Waals surface area contributed by atoms with E-state index in [-0.39, 0.29) is 5.92 Å². The molecule has 1 fully saturated rings. The Kier molecular flexibility index (Phi) is 1.61. The number of rotatable bonds is 3. The molecule has 0 aromatic heterocycles. The molecule has 4 heteroatoms. The Morgan fingerprint density at radius 1 is 1.20 bits per heavy atom. The van der Waals surface area contributed by atoms with Crippen molar-refractivity contribution in [1.29, 1.82) is 0 Å². The summed E-state index contributed by atoms with van der Waals surface area (Å²) < 4.78 is 0. The first-order valence-corrected chi connectivity index (χ1v) is 3.04. The van der Waals surface area contributed by atoms with Crippen LogP contribution in [-0.4, -0.2) is 11.9 Å². The Hall–Kier alpha value is -1.06. The zero-order valence-corrected chi connectivity index (χ0v) is 5.20. The number of aliphatic carboxylic acids is 2. The predicted molar refractivity (Wildman–Crippen MR) is 26.2 cm³/mol. The van der Waals surface area contributed by atoms with Gasteiger partial charge in [-0.25, -0.2) is 0 Å². The lowest BCUT2D eigenvalue weighted by Gasteiger charge is -2.17. The summed E-state index contributed by atoms with van der Waals surface area (Å²) in [5.74, 6) is -4.68. The Morgan fingerprint density at radius 3 is 1.70 bits per heavy atom. The van der Waals surface area contributed by atoms with Gasteiger partial charge in [-0.2, -0.15) is 0 Å². The molecule has 0 bridgehead atoms. The first-order chi connectivity index (χ1) is 4.63. The summed E-state index contributed by atoms with van der Waals surface area (Å²) in [6.07, 6.45) is 1.32. The fourth-order valence-electron chi connectivity index (χ4n) is 0.911. The van der Waals surface area contributed by atoms with E-state index in [0.717, 1.165) is 0 Å².